The molecular weight excluding hydrogens is 176 g/mol. The van der Waals surface area contributed by atoms with E-state index in [1.807, 2.05) is 14.2 Å². The second-order valence-electron chi connectivity index (χ2n) is 4.21. The monoisotopic (exact) mass is 200 g/mol. The van der Waals surface area contributed by atoms with Gasteiger partial charge in [-0.1, -0.05) is 6.92 Å². The van der Waals surface area contributed by atoms with E-state index in [1.54, 1.807) is 0 Å². The summed E-state index contributed by atoms with van der Waals surface area (Å²) in [6, 6.07) is 0. The highest BCUT2D eigenvalue weighted by Gasteiger charge is 2.31. The summed E-state index contributed by atoms with van der Waals surface area (Å²) in [5, 5.41) is 3.25. The number of nitrogens with zero attached hydrogens (tertiary/aromatic N) is 1. The fourth-order valence-corrected chi connectivity index (χ4v) is 2.31. The van der Waals surface area contributed by atoms with Gasteiger partial charge in [-0.3, -0.25) is 0 Å². The van der Waals surface area contributed by atoms with Gasteiger partial charge in [0.1, 0.15) is 0 Å². The molecule has 1 saturated heterocycles. The van der Waals surface area contributed by atoms with Crippen LogP contribution in [-0.2, 0) is 4.74 Å². The van der Waals surface area contributed by atoms with Gasteiger partial charge in [-0.25, -0.2) is 0 Å². The first kappa shape index (κ1) is 12.0. The maximum atomic E-state index is 5.70. The quantitative estimate of drug-likeness (QED) is 0.735. The Morgan fingerprint density at radius 2 is 2.14 bits per heavy atom. The summed E-state index contributed by atoms with van der Waals surface area (Å²) in [5.74, 6) is 0. The van der Waals surface area contributed by atoms with Crippen LogP contribution in [0.5, 0.6) is 0 Å². The van der Waals surface area contributed by atoms with Crippen molar-refractivity contribution >= 4 is 0 Å². The van der Waals surface area contributed by atoms with Gasteiger partial charge in [0.15, 0.2) is 0 Å². The maximum absolute atomic E-state index is 5.70. The zero-order valence-corrected chi connectivity index (χ0v) is 9.81. The van der Waals surface area contributed by atoms with Crippen molar-refractivity contribution in [1.82, 2.24) is 10.2 Å². The van der Waals surface area contributed by atoms with Crippen molar-refractivity contribution in [3.05, 3.63) is 0 Å². The molecule has 1 aliphatic heterocycles. The molecule has 1 rings (SSSR count). The average molecular weight is 200 g/mol. The molecule has 0 aromatic rings. The van der Waals surface area contributed by atoms with E-state index in [1.165, 1.54) is 32.5 Å². The Balaban J connectivity index is 2.52. The highest BCUT2D eigenvalue weighted by Crippen LogP contribution is 2.24. The van der Waals surface area contributed by atoms with E-state index >= 15 is 0 Å². The summed E-state index contributed by atoms with van der Waals surface area (Å²) in [6.45, 7) is 6.77. The second-order valence-corrected chi connectivity index (χ2v) is 4.21. The molecule has 14 heavy (non-hydrogen) atoms. The van der Waals surface area contributed by atoms with E-state index in [0.717, 1.165) is 13.0 Å². The molecule has 1 heterocycles. The van der Waals surface area contributed by atoms with Crippen molar-refractivity contribution in [2.24, 2.45) is 0 Å². The lowest BCUT2D eigenvalue weighted by Gasteiger charge is -2.31. The third-order valence-corrected chi connectivity index (χ3v) is 3.37. The Hall–Kier alpha value is -0.120. The summed E-state index contributed by atoms with van der Waals surface area (Å²) in [5.41, 5.74) is 0.0820. The lowest BCUT2D eigenvalue weighted by Crippen LogP contribution is -2.42. The van der Waals surface area contributed by atoms with Crippen molar-refractivity contribution in [2.45, 2.75) is 31.8 Å². The predicted octanol–water partition coefficient (Wildman–Crippen LogP) is 1.10. The summed E-state index contributed by atoms with van der Waals surface area (Å²) in [7, 11) is 3.85. The van der Waals surface area contributed by atoms with Crippen molar-refractivity contribution < 1.29 is 4.74 Å². The van der Waals surface area contributed by atoms with Crippen molar-refractivity contribution in [3.63, 3.8) is 0 Å². The summed E-state index contributed by atoms with van der Waals surface area (Å²) in [4.78, 5) is 2.51. The first-order valence-corrected chi connectivity index (χ1v) is 5.68. The van der Waals surface area contributed by atoms with Crippen LogP contribution in [0.15, 0.2) is 0 Å². The van der Waals surface area contributed by atoms with Gasteiger partial charge in [-0.15, -0.1) is 0 Å². The molecule has 1 unspecified atom stereocenters. The van der Waals surface area contributed by atoms with Gasteiger partial charge >= 0.3 is 0 Å². The minimum atomic E-state index is 0.0820. The molecule has 0 saturated carbocycles. The minimum Gasteiger partial charge on any atom is -0.377 e. The third kappa shape index (κ3) is 2.94. The van der Waals surface area contributed by atoms with Gasteiger partial charge < -0.3 is 15.0 Å². The average Bonchev–Trinajstić information content (AvgIpc) is 2.42. The molecule has 3 nitrogen and oxygen atoms in total. The number of likely N-dealkylation sites (N-methyl/N-ethyl adjacent to an activating group) is 1. The minimum absolute atomic E-state index is 0.0820. The Labute approximate surface area is 87.8 Å². The Bertz CT molecular complexity index is 163. The highest BCUT2D eigenvalue weighted by molar-refractivity contribution is 4.86. The number of hydrogen-bond donors (Lipinski definition) is 1. The number of hydrogen-bond acceptors (Lipinski definition) is 3. The van der Waals surface area contributed by atoms with Gasteiger partial charge in [0.05, 0.1) is 5.60 Å². The molecule has 3 heteroatoms. The highest BCUT2D eigenvalue weighted by atomic mass is 16.5. The SMILES string of the molecule is CCN1CCCC(CNC)(OC)CC1. The normalized spacial score (nSPS) is 30.2. The Morgan fingerprint density at radius 3 is 2.71 bits per heavy atom. The van der Waals surface area contributed by atoms with Crippen LogP contribution in [0.2, 0.25) is 0 Å². The first-order chi connectivity index (χ1) is 6.76. The molecule has 0 spiro atoms. The van der Waals surface area contributed by atoms with E-state index in [9.17, 15) is 0 Å². The number of likely N-dealkylation sites (tertiary alicyclic amines) is 1. The molecule has 0 aromatic heterocycles. The van der Waals surface area contributed by atoms with Gasteiger partial charge in [0.2, 0.25) is 0 Å². The van der Waals surface area contributed by atoms with Gasteiger partial charge in [-0.2, -0.15) is 0 Å². The van der Waals surface area contributed by atoms with Crippen LogP contribution in [0.25, 0.3) is 0 Å². The van der Waals surface area contributed by atoms with Crippen LogP contribution in [0.3, 0.4) is 0 Å². The van der Waals surface area contributed by atoms with Crippen LogP contribution in [0.1, 0.15) is 26.2 Å². The molecule has 84 valence electrons. The summed E-state index contributed by atoms with van der Waals surface area (Å²) < 4.78 is 5.70. The molecule has 0 aliphatic carbocycles. The fourth-order valence-electron chi connectivity index (χ4n) is 2.31. The molecular formula is C11H24N2O. The van der Waals surface area contributed by atoms with Crippen LogP contribution in [-0.4, -0.2) is 50.8 Å². The Morgan fingerprint density at radius 1 is 1.36 bits per heavy atom. The molecule has 1 fully saturated rings. The first-order valence-electron chi connectivity index (χ1n) is 5.68. The largest absolute Gasteiger partial charge is 0.377 e. The van der Waals surface area contributed by atoms with E-state index in [4.69, 9.17) is 4.74 Å². The van der Waals surface area contributed by atoms with E-state index < -0.39 is 0 Å². The predicted molar refractivity (Wildman–Crippen MR) is 59.6 cm³/mol. The lowest BCUT2D eigenvalue weighted by molar-refractivity contribution is -0.0193. The van der Waals surface area contributed by atoms with Gasteiger partial charge in [0, 0.05) is 20.2 Å². The topological polar surface area (TPSA) is 24.5 Å². The van der Waals surface area contributed by atoms with Gasteiger partial charge in [0.25, 0.3) is 0 Å². The molecule has 0 bridgehead atoms. The van der Waals surface area contributed by atoms with E-state index in [0.29, 0.717) is 0 Å². The standard InChI is InChI=1S/C11H24N2O/c1-4-13-8-5-6-11(14-3,7-9-13)10-12-2/h12H,4-10H2,1-3H3. The summed E-state index contributed by atoms with van der Waals surface area (Å²) >= 11 is 0. The fraction of sp³-hybridized carbons (Fsp3) is 1.00. The summed E-state index contributed by atoms with van der Waals surface area (Å²) in [6.07, 6.45) is 3.59. The van der Waals surface area contributed by atoms with Crippen molar-refractivity contribution in [1.29, 1.82) is 0 Å². The zero-order chi connectivity index (χ0) is 10.4. The van der Waals surface area contributed by atoms with E-state index in [2.05, 4.69) is 17.1 Å². The lowest BCUT2D eigenvalue weighted by atomic mass is 9.94. The van der Waals surface area contributed by atoms with Crippen LogP contribution in [0, 0.1) is 0 Å². The van der Waals surface area contributed by atoms with Crippen LogP contribution >= 0.6 is 0 Å². The molecule has 0 radical (unpaired) electrons. The third-order valence-electron chi connectivity index (χ3n) is 3.37. The zero-order valence-electron chi connectivity index (χ0n) is 9.81. The molecule has 1 N–H and O–H groups in total. The molecule has 1 aliphatic rings. The Kier molecular flexibility index (Phi) is 4.85. The smallest absolute Gasteiger partial charge is 0.0815 e. The number of methoxy groups -OCH3 is 1. The molecule has 0 aromatic carbocycles. The van der Waals surface area contributed by atoms with Crippen molar-refractivity contribution in [3.8, 4) is 0 Å². The van der Waals surface area contributed by atoms with E-state index in [-0.39, 0.29) is 5.60 Å². The second kappa shape index (κ2) is 5.69. The maximum Gasteiger partial charge on any atom is 0.0815 e. The number of ether oxygens (including phenoxy) is 1. The number of rotatable bonds is 4. The van der Waals surface area contributed by atoms with Crippen LogP contribution in [0.4, 0.5) is 0 Å². The van der Waals surface area contributed by atoms with Gasteiger partial charge in [-0.05, 0) is 39.4 Å². The molecule has 1 atom stereocenters. The molecule has 0 amide bonds. The van der Waals surface area contributed by atoms with Crippen molar-refractivity contribution in [2.75, 3.05) is 40.3 Å². The van der Waals surface area contributed by atoms with Crippen LogP contribution < -0.4 is 5.32 Å². The number of nitrogens with one attached hydrogen (secondary N) is 1.